The maximum Gasteiger partial charge on any atom is 0.435 e. The van der Waals surface area contributed by atoms with Crippen LogP contribution in [0.25, 0.3) is 22.0 Å². The molecule has 0 bridgehead atoms. The number of amides is 2. The molecule has 3 aromatic heterocycles. The van der Waals surface area contributed by atoms with Gasteiger partial charge in [0.1, 0.15) is 47.0 Å². The van der Waals surface area contributed by atoms with E-state index in [1.165, 1.54) is 13.8 Å². The van der Waals surface area contributed by atoms with Crippen LogP contribution in [0.5, 0.6) is 0 Å². The number of guanidine groups is 1. The molecule has 3 heterocycles. The number of anilines is 1. The summed E-state index contributed by atoms with van der Waals surface area (Å²) in [6.07, 6.45) is -12.6. The van der Waals surface area contributed by atoms with E-state index in [9.17, 15) is 61.5 Å². The first-order chi connectivity index (χ1) is 34.5. The molecule has 0 aliphatic heterocycles. The molecule has 0 radical (unpaired) electrons. The summed E-state index contributed by atoms with van der Waals surface area (Å²) in [5.74, 6) is -6.38. The van der Waals surface area contributed by atoms with Gasteiger partial charge in [0.15, 0.2) is 27.3 Å². The summed E-state index contributed by atoms with van der Waals surface area (Å²) in [5, 5.41) is 8.63. The van der Waals surface area contributed by atoms with Gasteiger partial charge < -0.3 is 21.5 Å². The van der Waals surface area contributed by atoms with Gasteiger partial charge in [-0.3, -0.25) is 19.2 Å². The van der Waals surface area contributed by atoms with Gasteiger partial charge >= 0.3 is 18.4 Å². The minimum Gasteiger partial charge on any atom is -0.445 e. The molecule has 2 fully saturated rings. The third-order valence-electron chi connectivity index (χ3n) is 12.7. The van der Waals surface area contributed by atoms with Crippen LogP contribution in [0, 0.1) is 29.4 Å². The molecule has 3 aliphatic rings. The predicted octanol–water partition coefficient (Wildman–Crippen LogP) is 7.00. The summed E-state index contributed by atoms with van der Waals surface area (Å²) >= 11 is 6.66. The molecule has 0 saturated heterocycles. The number of ether oxygens (including phenoxy) is 1. The second kappa shape index (κ2) is 18.9. The number of sulfone groups is 1. The van der Waals surface area contributed by atoms with Gasteiger partial charge in [-0.25, -0.2) is 35.4 Å². The second-order valence-corrected chi connectivity index (χ2v) is 23.5. The van der Waals surface area contributed by atoms with E-state index in [1.54, 1.807) is 0 Å². The van der Waals surface area contributed by atoms with Crippen molar-refractivity contribution in [3.05, 3.63) is 93.0 Å². The number of hydrogen-bond donors (Lipinski definition) is 3. The molecular formula is C45H41ClF10N10O7S2. The second-order valence-electron chi connectivity index (χ2n) is 18.7. The summed E-state index contributed by atoms with van der Waals surface area (Å²) in [5.41, 5.74) is 4.84. The zero-order valence-electron chi connectivity index (χ0n) is 39.3. The number of carbonyl (C=O) groups excluding carboxylic acids is 2. The summed E-state index contributed by atoms with van der Waals surface area (Å²) in [4.78, 5) is 36.4. The lowest BCUT2D eigenvalue weighted by atomic mass is 9.90. The number of alkyl halides is 8. The average Bonchev–Trinajstić information content (AvgIpc) is 3.76. The van der Waals surface area contributed by atoms with Gasteiger partial charge in [-0.1, -0.05) is 23.6 Å². The van der Waals surface area contributed by atoms with Gasteiger partial charge in [-0.2, -0.15) is 49.6 Å². The van der Waals surface area contributed by atoms with Crippen molar-refractivity contribution in [2.75, 3.05) is 16.8 Å². The number of rotatable bonds is 13. The molecule has 2 amide bonds. The van der Waals surface area contributed by atoms with E-state index in [2.05, 4.69) is 37.3 Å². The van der Waals surface area contributed by atoms with Crippen molar-refractivity contribution in [1.82, 2.24) is 29.9 Å². The molecule has 17 nitrogen and oxygen atoms in total. The Balaban J connectivity index is 1.33. The van der Waals surface area contributed by atoms with Crippen LogP contribution in [0.1, 0.15) is 79.0 Å². The zero-order chi connectivity index (χ0) is 55.3. The number of nitrogens with two attached hydrogens (primary N) is 2. The number of nitrogens with zero attached hydrogens (tertiary/aromatic N) is 7. The van der Waals surface area contributed by atoms with E-state index in [-0.39, 0.29) is 61.3 Å². The number of hydrogen-bond acceptors (Lipinski definition) is 11. The van der Waals surface area contributed by atoms with E-state index < -0.39 is 160 Å². The van der Waals surface area contributed by atoms with Crippen molar-refractivity contribution in [2.24, 2.45) is 22.4 Å². The van der Waals surface area contributed by atoms with Crippen LogP contribution in [-0.2, 0) is 61.0 Å². The fourth-order valence-corrected chi connectivity index (χ4v) is 10.1. The third-order valence-corrected chi connectivity index (χ3v) is 15.9. The molecule has 3 aliphatic carbocycles. The van der Waals surface area contributed by atoms with E-state index in [0.29, 0.717) is 12.3 Å². The zero-order valence-corrected chi connectivity index (χ0v) is 41.7. The first kappa shape index (κ1) is 54.6. The fraction of sp³-hybridized carbons (Fsp3) is 0.422. The maximum atomic E-state index is 15.6. The summed E-state index contributed by atoms with van der Waals surface area (Å²) in [6.45, 7) is -0.837. The Kier molecular flexibility index (Phi) is 13.7. The van der Waals surface area contributed by atoms with Crippen LogP contribution in [0.4, 0.5) is 54.5 Å². The summed E-state index contributed by atoms with van der Waals surface area (Å²) in [6, 6.07) is 4.21. The molecule has 3 atom stereocenters. The average molecular weight is 1120 g/mol. The van der Waals surface area contributed by atoms with Crippen molar-refractivity contribution in [3.63, 3.8) is 0 Å². The summed E-state index contributed by atoms with van der Waals surface area (Å²) < 4.78 is 204. The maximum absolute atomic E-state index is 15.6. The van der Waals surface area contributed by atoms with Crippen LogP contribution in [-0.4, -0.2) is 94.9 Å². The lowest BCUT2D eigenvalue weighted by molar-refractivity contribution is -0.143. The Morgan fingerprint density at radius 2 is 1.60 bits per heavy atom. The molecule has 5 N–H and O–H groups in total. The van der Waals surface area contributed by atoms with Gasteiger partial charge in [0.25, 0.3) is 5.92 Å². The number of aliphatic imine (C=N–C) groups is 1. The normalized spacial score (nSPS) is 19.5. The lowest BCUT2D eigenvalue weighted by Gasteiger charge is -2.33. The smallest absolute Gasteiger partial charge is 0.435 e. The molecule has 75 heavy (non-hydrogen) atoms. The largest absolute Gasteiger partial charge is 0.445 e. The summed E-state index contributed by atoms with van der Waals surface area (Å²) in [7, 11) is -8.79. The topological polar surface area (TPSA) is 240 Å². The van der Waals surface area contributed by atoms with Crippen LogP contribution in [0.2, 0.25) is 5.02 Å². The van der Waals surface area contributed by atoms with Gasteiger partial charge in [-0.15, -0.1) is 0 Å². The number of fused-ring (bicyclic) bond motifs is 4. The van der Waals surface area contributed by atoms with Crippen LogP contribution in [0.15, 0.2) is 47.5 Å². The highest BCUT2D eigenvalue weighted by atomic mass is 35.5. The number of nitrogens with one attached hydrogen (secondary N) is 1. The minimum absolute atomic E-state index is 0.0173. The van der Waals surface area contributed by atoms with Crippen LogP contribution in [0.3, 0.4) is 0 Å². The van der Waals surface area contributed by atoms with Crippen LogP contribution < -0.4 is 21.1 Å². The molecular weight excluding hydrogens is 1080 g/mol. The third kappa shape index (κ3) is 11.0. The van der Waals surface area contributed by atoms with Crippen molar-refractivity contribution in [3.8, 4) is 23.0 Å². The SMILES string of the molecule is CC(C)(C#Cc1ccc(-c2ccc(Cl)c3c(N(C(=O)OC4CC(N=C(N)N)C4)S(C)(=O)=O)nn(CC(F)(F)F)c23)c([C@H](Cc2cc(F)cc(F)c2)NC(=O)Cn2nc(C(F)(F)F)c3c2C(F)(F)[C@@H]2C[C@H]32)n1)S(C)(=O)=O. The highest BCUT2D eigenvalue weighted by Crippen LogP contribution is 2.68. The quantitative estimate of drug-likeness (QED) is 0.0468. The molecule has 0 unspecified atom stereocenters. The molecule has 30 heteroatoms. The Hall–Kier alpha value is -6.67. The Morgan fingerprint density at radius 3 is 2.19 bits per heavy atom. The minimum atomic E-state index is -5.23. The highest BCUT2D eigenvalue weighted by Gasteiger charge is 2.68. The first-order valence-electron chi connectivity index (χ1n) is 22.1. The molecule has 0 spiro atoms. The lowest BCUT2D eigenvalue weighted by Crippen LogP contribution is -2.44. The number of sulfonamides is 1. The van der Waals surface area contributed by atoms with E-state index in [0.717, 1.165) is 42.7 Å². The molecule has 2 aromatic carbocycles. The molecule has 2 saturated carbocycles. The number of halogens is 11. The predicted molar refractivity (Wildman–Crippen MR) is 249 cm³/mol. The van der Waals surface area contributed by atoms with Crippen molar-refractivity contribution in [1.29, 1.82) is 0 Å². The molecule has 402 valence electrons. The van der Waals surface area contributed by atoms with Crippen molar-refractivity contribution < 1.29 is 75.1 Å². The van der Waals surface area contributed by atoms with Gasteiger partial charge in [0, 0.05) is 47.8 Å². The van der Waals surface area contributed by atoms with E-state index in [1.807, 2.05) is 0 Å². The van der Waals surface area contributed by atoms with Gasteiger partial charge in [0.2, 0.25) is 15.9 Å². The van der Waals surface area contributed by atoms with Gasteiger partial charge in [0.05, 0.1) is 40.0 Å². The highest BCUT2D eigenvalue weighted by molar-refractivity contribution is 7.93. The monoisotopic (exact) mass is 1120 g/mol. The van der Waals surface area contributed by atoms with E-state index >= 15 is 8.78 Å². The van der Waals surface area contributed by atoms with E-state index in [4.69, 9.17) is 27.8 Å². The van der Waals surface area contributed by atoms with Crippen LogP contribution >= 0.6 is 11.6 Å². The molecule has 5 aromatic rings. The first-order valence-corrected chi connectivity index (χ1v) is 26.3. The van der Waals surface area contributed by atoms with Gasteiger partial charge in [-0.05, 0) is 74.4 Å². The Morgan fingerprint density at radius 1 is 0.960 bits per heavy atom. The standard InChI is InChI=1S/C45H41ClF10N10O7S2/c1-42(2,74(3,69)70)10-9-23-5-6-26(27-7-8-30(46)34-36(27)65(19-43(49,50)51)63-39(34)66(75(4,71)72)41(68)73-25-15-24(16-25)60-40(57)58)35(59-23)31(13-20-11-21(47)14-22(48)12-20)61-32(67)18-64-38-33(37(62-64)45(54,55)56)28-17-29(28)44(38,52)53/h5-8,11-12,14,24-25,28-29,31H,13,15-19H2,1-4H3,(H,61,67)(H4,57,58,60)/t24?,25?,28-,29+,31-/m0/s1. The fourth-order valence-electron chi connectivity index (χ4n) is 8.92. The number of carbonyl (C=O) groups is 2. The molecule has 8 rings (SSSR count). The number of aromatic nitrogens is 5. The van der Waals surface area contributed by atoms with Crippen molar-refractivity contribution >= 4 is 66.1 Å². The van der Waals surface area contributed by atoms with Crippen molar-refractivity contribution in [2.45, 2.75) is 99.7 Å². The Labute approximate surface area is 424 Å². The number of pyridine rings is 1. The Bertz CT molecular complexity index is 3490. The number of benzene rings is 2.